The highest BCUT2D eigenvalue weighted by molar-refractivity contribution is 8.26. The molecule has 1 aliphatic heterocycles. The van der Waals surface area contributed by atoms with Crippen LogP contribution in [0.4, 0.5) is 0 Å². The summed E-state index contributed by atoms with van der Waals surface area (Å²) in [4.78, 5) is 14.5. The van der Waals surface area contributed by atoms with Crippen molar-refractivity contribution in [1.82, 2.24) is 14.7 Å². The van der Waals surface area contributed by atoms with Gasteiger partial charge in [0, 0.05) is 23.9 Å². The average molecular weight is 544 g/mol. The van der Waals surface area contributed by atoms with E-state index >= 15 is 0 Å². The van der Waals surface area contributed by atoms with E-state index in [9.17, 15) is 13.2 Å². The molecule has 8 nitrogen and oxygen atoms in total. The van der Waals surface area contributed by atoms with Crippen LogP contribution in [0.1, 0.15) is 25.3 Å². The number of para-hydroxylation sites is 1. The Morgan fingerprint density at radius 1 is 1.14 bits per heavy atom. The molecule has 0 aliphatic carbocycles. The molecule has 1 saturated heterocycles. The summed E-state index contributed by atoms with van der Waals surface area (Å²) in [5.74, 6) is -0.223. The van der Waals surface area contributed by atoms with Crippen molar-refractivity contribution >= 4 is 50.4 Å². The lowest BCUT2D eigenvalue weighted by Gasteiger charge is -2.12. The van der Waals surface area contributed by atoms with E-state index in [1.54, 1.807) is 10.8 Å². The van der Waals surface area contributed by atoms with E-state index in [0.717, 1.165) is 41.6 Å². The van der Waals surface area contributed by atoms with Gasteiger partial charge in [0.2, 0.25) is 0 Å². The first-order valence-electron chi connectivity index (χ1n) is 11.3. The zero-order valence-corrected chi connectivity index (χ0v) is 22.0. The average Bonchev–Trinajstić information content (AvgIpc) is 3.39. The molecule has 2 heterocycles. The molecule has 36 heavy (non-hydrogen) atoms. The fraction of sp³-hybridized carbons (Fsp3) is 0.240. The molecular formula is C25H25N3O5S3. The summed E-state index contributed by atoms with van der Waals surface area (Å²) >= 11 is 6.37. The first kappa shape index (κ1) is 26.1. The molecular weight excluding hydrogens is 518 g/mol. The second kappa shape index (κ2) is 11.4. The number of ether oxygens (including phenoxy) is 1. The number of hydrogen-bond acceptors (Lipinski definition) is 7. The molecule has 1 amide bonds. The SMILES string of the molecule is CCCCOc1ccc(-c2nn(-c3ccccc3)cc2C=C2SC(=S)N(CCS(=O)(=O)O)C2=O)cc1. The highest BCUT2D eigenvalue weighted by Gasteiger charge is 2.33. The minimum atomic E-state index is -4.22. The molecule has 1 N–H and O–H groups in total. The van der Waals surface area contributed by atoms with Crippen LogP contribution < -0.4 is 4.74 Å². The highest BCUT2D eigenvalue weighted by atomic mass is 32.2. The molecule has 1 fully saturated rings. The van der Waals surface area contributed by atoms with Crippen molar-refractivity contribution in [3.8, 4) is 22.7 Å². The number of nitrogens with zero attached hydrogens (tertiary/aromatic N) is 3. The van der Waals surface area contributed by atoms with E-state index in [2.05, 4.69) is 6.92 Å². The van der Waals surface area contributed by atoms with E-state index in [0.29, 0.717) is 22.8 Å². The van der Waals surface area contributed by atoms with Crippen LogP contribution in [-0.2, 0) is 14.9 Å². The summed E-state index contributed by atoms with van der Waals surface area (Å²) in [7, 11) is -4.22. The first-order chi connectivity index (χ1) is 17.2. The quantitative estimate of drug-likeness (QED) is 0.168. The number of carbonyl (C=O) groups excluding carboxylic acids is 1. The Morgan fingerprint density at radius 3 is 2.53 bits per heavy atom. The smallest absolute Gasteiger partial charge is 0.266 e. The van der Waals surface area contributed by atoms with Gasteiger partial charge in [-0.2, -0.15) is 13.5 Å². The summed E-state index contributed by atoms with van der Waals surface area (Å²) in [6.45, 7) is 2.55. The summed E-state index contributed by atoms with van der Waals surface area (Å²) in [5, 5.41) is 4.78. The zero-order valence-electron chi connectivity index (χ0n) is 19.5. The van der Waals surface area contributed by atoms with Gasteiger partial charge < -0.3 is 4.74 Å². The maximum absolute atomic E-state index is 13.0. The summed E-state index contributed by atoms with van der Waals surface area (Å²) in [6, 6.07) is 17.2. The van der Waals surface area contributed by atoms with Crippen molar-refractivity contribution in [1.29, 1.82) is 0 Å². The van der Waals surface area contributed by atoms with Crippen LogP contribution in [0.25, 0.3) is 23.0 Å². The van der Waals surface area contributed by atoms with E-state index in [4.69, 9.17) is 26.6 Å². The number of benzene rings is 2. The standard InChI is InChI=1S/C25H25N3O5S3/c1-2-3-14-33-21-11-9-18(10-12-21)23-19(17-28(26-23)20-7-5-4-6-8-20)16-22-24(29)27(25(34)35-22)13-15-36(30,31)32/h4-12,16-17H,2-3,13-15H2,1H3,(H,30,31,32). The Morgan fingerprint density at radius 2 is 1.86 bits per heavy atom. The molecule has 0 atom stereocenters. The number of aromatic nitrogens is 2. The van der Waals surface area contributed by atoms with Crippen molar-refractivity contribution in [3.05, 3.63) is 71.3 Å². The molecule has 1 aromatic heterocycles. The van der Waals surface area contributed by atoms with Gasteiger partial charge in [-0.1, -0.05) is 55.5 Å². The van der Waals surface area contributed by atoms with Gasteiger partial charge in [0.05, 0.1) is 28.6 Å². The van der Waals surface area contributed by atoms with Gasteiger partial charge in [-0.3, -0.25) is 14.2 Å². The van der Waals surface area contributed by atoms with E-state index in [1.807, 2.05) is 60.8 Å². The van der Waals surface area contributed by atoms with Crippen LogP contribution in [0.2, 0.25) is 0 Å². The second-order valence-electron chi connectivity index (χ2n) is 8.06. The van der Waals surface area contributed by atoms with Gasteiger partial charge >= 0.3 is 0 Å². The third-order valence-electron chi connectivity index (χ3n) is 5.39. The number of carbonyl (C=O) groups is 1. The summed E-state index contributed by atoms with van der Waals surface area (Å²) in [6.07, 6.45) is 5.58. The van der Waals surface area contributed by atoms with Crippen LogP contribution in [0.15, 0.2) is 65.7 Å². The Labute approximate surface area is 219 Å². The van der Waals surface area contributed by atoms with Crippen molar-refractivity contribution in [2.45, 2.75) is 19.8 Å². The third-order valence-corrected chi connectivity index (χ3v) is 7.47. The Kier molecular flexibility index (Phi) is 8.24. The van der Waals surface area contributed by atoms with Crippen LogP contribution in [0.3, 0.4) is 0 Å². The molecule has 1 aliphatic rings. The topological polar surface area (TPSA) is 102 Å². The van der Waals surface area contributed by atoms with Gasteiger partial charge in [-0.25, -0.2) is 4.68 Å². The summed E-state index contributed by atoms with van der Waals surface area (Å²) < 4.78 is 39.1. The van der Waals surface area contributed by atoms with Crippen LogP contribution in [0.5, 0.6) is 5.75 Å². The third kappa shape index (κ3) is 6.41. The van der Waals surface area contributed by atoms with Crippen molar-refractivity contribution in [3.63, 3.8) is 0 Å². The number of rotatable bonds is 10. The fourth-order valence-corrected chi connectivity index (χ4v) is 5.23. The molecule has 0 spiro atoms. The molecule has 11 heteroatoms. The van der Waals surface area contributed by atoms with Gasteiger partial charge in [0.25, 0.3) is 16.0 Å². The lowest BCUT2D eigenvalue weighted by molar-refractivity contribution is -0.121. The molecule has 0 bridgehead atoms. The second-order valence-corrected chi connectivity index (χ2v) is 11.3. The number of unbranched alkanes of at least 4 members (excludes halogenated alkanes) is 1. The number of hydrogen-bond donors (Lipinski definition) is 1. The molecule has 0 unspecified atom stereocenters. The predicted octanol–water partition coefficient (Wildman–Crippen LogP) is 4.81. The molecule has 3 aromatic rings. The minimum Gasteiger partial charge on any atom is -0.494 e. The van der Waals surface area contributed by atoms with Gasteiger partial charge in [-0.05, 0) is 48.9 Å². The highest BCUT2D eigenvalue weighted by Crippen LogP contribution is 2.35. The predicted molar refractivity (Wildman–Crippen MR) is 146 cm³/mol. The van der Waals surface area contributed by atoms with Gasteiger partial charge in [0.1, 0.15) is 10.1 Å². The molecule has 2 aromatic carbocycles. The lowest BCUT2D eigenvalue weighted by Crippen LogP contribution is -2.32. The van der Waals surface area contributed by atoms with Gasteiger partial charge in [0.15, 0.2) is 0 Å². The first-order valence-corrected chi connectivity index (χ1v) is 14.2. The van der Waals surface area contributed by atoms with Crippen molar-refractivity contribution in [2.75, 3.05) is 18.9 Å². The fourth-order valence-electron chi connectivity index (χ4n) is 3.51. The largest absolute Gasteiger partial charge is 0.494 e. The van der Waals surface area contributed by atoms with E-state index < -0.39 is 21.8 Å². The molecule has 0 radical (unpaired) electrons. The lowest BCUT2D eigenvalue weighted by atomic mass is 10.1. The van der Waals surface area contributed by atoms with Gasteiger partial charge in [-0.15, -0.1) is 0 Å². The molecule has 188 valence electrons. The number of thioether (sulfide) groups is 1. The van der Waals surface area contributed by atoms with Crippen molar-refractivity contribution < 1.29 is 22.5 Å². The molecule has 0 saturated carbocycles. The molecule has 4 rings (SSSR count). The monoisotopic (exact) mass is 543 g/mol. The Bertz CT molecular complexity index is 1380. The van der Waals surface area contributed by atoms with Crippen LogP contribution in [0, 0.1) is 0 Å². The van der Waals surface area contributed by atoms with Crippen LogP contribution >= 0.6 is 24.0 Å². The van der Waals surface area contributed by atoms with Crippen molar-refractivity contribution in [2.24, 2.45) is 0 Å². The number of thiocarbonyl (C=S) groups is 1. The van der Waals surface area contributed by atoms with E-state index in [-0.39, 0.29) is 10.9 Å². The Balaban J connectivity index is 1.67. The number of amides is 1. The van der Waals surface area contributed by atoms with E-state index in [1.165, 1.54) is 4.90 Å². The minimum absolute atomic E-state index is 0.212. The maximum Gasteiger partial charge on any atom is 0.266 e. The Hall–Kier alpha value is -2.99. The van der Waals surface area contributed by atoms with Crippen LogP contribution in [-0.4, -0.2) is 56.8 Å². The normalized spacial score (nSPS) is 15.2. The zero-order chi connectivity index (χ0) is 25.7. The summed E-state index contributed by atoms with van der Waals surface area (Å²) in [5.41, 5.74) is 3.08. The maximum atomic E-state index is 13.0.